The van der Waals surface area contributed by atoms with E-state index in [1.54, 1.807) is 6.07 Å². The monoisotopic (exact) mass is 406 g/mol. The molecule has 2 heterocycles. The van der Waals surface area contributed by atoms with Gasteiger partial charge in [0.1, 0.15) is 0 Å². The molecule has 4 nitrogen and oxygen atoms in total. The number of halogens is 3. The van der Waals surface area contributed by atoms with Crippen LogP contribution in [0, 0.1) is 0 Å². The van der Waals surface area contributed by atoms with E-state index in [0.717, 1.165) is 24.0 Å². The van der Waals surface area contributed by atoms with E-state index in [2.05, 4.69) is 10.3 Å². The zero-order valence-electron chi connectivity index (χ0n) is 15.2. The van der Waals surface area contributed by atoms with Gasteiger partial charge >= 0.3 is 0 Å². The van der Waals surface area contributed by atoms with Gasteiger partial charge in [0.2, 0.25) is 5.91 Å². The first-order valence-corrected chi connectivity index (χ1v) is 9.90. The zero-order chi connectivity index (χ0) is 19.8. The van der Waals surface area contributed by atoms with Crippen LogP contribution in [0.2, 0.25) is 5.02 Å². The van der Waals surface area contributed by atoms with Crippen LogP contribution in [-0.2, 0) is 4.79 Å². The molecule has 2 aromatic rings. The van der Waals surface area contributed by atoms with Crippen LogP contribution in [0.15, 0.2) is 35.1 Å². The standard InChI is InChI=1S/C21H21ClF2N2O2/c22-17-9-12(3-5-15(17)20(23)24)16(10-13-4-8-19(27)25-13)18-7-6-14(11-1-2-11)21(28)26-18/h3,5-7,9,11,13,16,20H,1-2,4,8,10H2,(H,25,27)(H,26,28). The largest absolute Gasteiger partial charge is 0.353 e. The van der Waals surface area contributed by atoms with E-state index < -0.39 is 6.43 Å². The lowest BCUT2D eigenvalue weighted by atomic mass is 9.87. The number of H-pyrrole nitrogens is 1. The Labute approximate surface area is 166 Å². The number of carbonyl (C=O) groups excluding carboxylic acids is 1. The molecule has 1 aromatic heterocycles. The van der Waals surface area contributed by atoms with Crippen molar-refractivity contribution in [3.05, 3.63) is 68.1 Å². The molecule has 2 atom stereocenters. The third kappa shape index (κ3) is 3.97. The highest BCUT2D eigenvalue weighted by Crippen LogP contribution is 2.39. The van der Waals surface area contributed by atoms with E-state index in [1.807, 2.05) is 12.1 Å². The molecule has 1 saturated carbocycles. The third-order valence-electron chi connectivity index (χ3n) is 5.62. The summed E-state index contributed by atoms with van der Waals surface area (Å²) in [6.07, 6.45) is 1.17. The van der Waals surface area contributed by atoms with E-state index in [-0.39, 0.29) is 34.0 Å². The van der Waals surface area contributed by atoms with Crippen molar-refractivity contribution in [1.29, 1.82) is 0 Å². The molecule has 1 saturated heterocycles. The summed E-state index contributed by atoms with van der Waals surface area (Å²) in [4.78, 5) is 27.1. The third-order valence-corrected chi connectivity index (χ3v) is 5.95. The van der Waals surface area contributed by atoms with E-state index in [0.29, 0.717) is 30.9 Å². The Balaban J connectivity index is 1.69. The summed E-state index contributed by atoms with van der Waals surface area (Å²) in [6.45, 7) is 0. The minimum absolute atomic E-state index is 0.00454. The van der Waals surface area contributed by atoms with Gasteiger partial charge in [-0.3, -0.25) is 9.59 Å². The molecule has 1 aliphatic carbocycles. The Kier molecular flexibility index (Phi) is 5.23. The minimum Gasteiger partial charge on any atom is -0.353 e. The summed E-state index contributed by atoms with van der Waals surface area (Å²) >= 11 is 6.08. The maximum atomic E-state index is 13.1. The second kappa shape index (κ2) is 7.66. The normalized spacial score (nSPS) is 20.4. The van der Waals surface area contributed by atoms with Crippen molar-refractivity contribution in [2.24, 2.45) is 0 Å². The van der Waals surface area contributed by atoms with Crippen LogP contribution in [-0.4, -0.2) is 16.9 Å². The van der Waals surface area contributed by atoms with Crippen molar-refractivity contribution in [1.82, 2.24) is 10.3 Å². The molecule has 0 spiro atoms. The summed E-state index contributed by atoms with van der Waals surface area (Å²) in [6, 6.07) is 8.23. The number of pyridine rings is 1. The minimum atomic E-state index is -2.65. The van der Waals surface area contributed by atoms with Crippen molar-refractivity contribution in [2.75, 3.05) is 0 Å². The molecule has 4 rings (SSSR count). The maximum absolute atomic E-state index is 13.1. The number of hydrogen-bond donors (Lipinski definition) is 2. The van der Waals surface area contributed by atoms with Gasteiger partial charge in [0, 0.05) is 40.2 Å². The van der Waals surface area contributed by atoms with Gasteiger partial charge in [0.25, 0.3) is 12.0 Å². The van der Waals surface area contributed by atoms with Crippen molar-refractivity contribution < 1.29 is 13.6 Å². The number of amides is 1. The number of carbonyl (C=O) groups is 1. The maximum Gasteiger partial charge on any atom is 0.265 e. The van der Waals surface area contributed by atoms with Crippen LogP contribution in [0.4, 0.5) is 8.78 Å². The van der Waals surface area contributed by atoms with Crippen LogP contribution in [0.1, 0.15) is 72.7 Å². The molecule has 2 N–H and O–H groups in total. The molecule has 1 aliphatic heterocycles. The van der Waals surface area contributed by atoms with Crippen LogP contribution < -0.4 is 10.9 Å². The Morgan fingerprint density at radius 3 is 2.46 bits per heavy atom. The smallest absolute Gasteiger partial charge is 0.265 e. The van der Waals surface area contributed by atoms with E-state index in [4.69, 9.17) is 11.6 Å². The van der Waals surface area contributed by atoms with Gasteiger partial charge in [-0.2, -0.15) is 0 Å². The second-order valence-corrected chi connectivity index (χ2v) is 8.05. The predicted octanol–water partition coefficient (Wildman–Crippen LogP) is 4.64. The summed E-state index contributed by atoms with van der Waals surface area (Å²) in [5.74, 6) is 0.0890. The van der Waals surface area contributed by atoms with Gasteiger partial charge in [-0.15, -0.1) is 0 Å². The number of rotatable bonds is 6. The number of aromatic amines is 1. The highest BCUT2D eigenvalue weighted by Gasteiger charge is 2.29. The Morgan fingerprint density at radius 1 is 1.11 bits per heavy atom. The fourth-order valence-electron chi connectivity index (χ4n) is 3.94. The van der Waals surface area contributed by atoms with Gasteiger partial charge in [-0.1, -0.05) is 29.8 Å². The van der Waals surface area contributed by atoms with Gasteiger partial charge in [-0.05, 0) is 49.3 Å². The van der Waals surface area contributed by atoms with E-state index in [1.165, 1.54) is 12.1 Å². The van der Waals surface area contributed by atoms with Crippen molar-refractivity contribution in [3.63, 3.8) is 0 Å². The fraction of sp³-hybridized carbons (Fsp3) is 0.429. The summed E-state index contributed by atoms with van der Waals surface area (Å²) < 4.78 is 26.1. The SMILES string of the molecule is O=C1CCC(CC(c2ccc(C(F)F)c(Cl)c2)c2ccc(C3CC3)c(=O)[nH]2)N1. The lowest BCUT2D eigenvalue weighted by Gasteiger charge is -2.22. The lowest BCUT2D eigenvalue weighted by molar-refractivity contribution is -0.119. The molecular weight excluding hydrogens is 386 g/mol. The number of benzene rings is 1. The van der Waals surface area contributed by atoms with Crippen LogP contribution >= 0.6 is 11.6 Å². The first-order chi connectivity index (χ1) is 13.4. The molecule has 7 heteroatoms. The van der Waals surface area contributed by atoms with Crippen molar-refractivity contribution in [3.8, 4) is 0 Å². The number of alkyl halides is 2. The van der Waals surface area contributed by atoms with Crippen LogP contribution in [0.25, 0.3) is 0 Å². The van der Waals surface area contributed by atoms with E-state index >= 15 is 0 Å². The van der Waals surface area contributed by atoms with Crippen LogP contribution in [0.5, 0.6) is 0 Å². The number of hydrogen-bond acceptors (Lipinski definition) is 2. The summed E-state index contributed by atoms with van der Waals surface area (Å²) in [7, 11) is 0. The summed E-state index contributed by atoms with van der Waals surface area (Å²) in [5, 5.41) is 2.94. The zero-order valence-corrected chi connectivity index (χ0v) is 15.9. The second-order valence-electron chi connectivity index (χ2n) is 7.65. The predicted molar refractivity (Wildman–Crippen MR) is 103 cm³/mol. The first kappa shape index (κ1) is 19.1. The molecule has 2 unspecified atom stereocenters. The molecule has 0 bridgehead atoms. The molecule has 148 valence electrons. The lowest BCUT2D eigenvalue weighted by Crippen LogP contribution is -2.28. The Hall–Kier alpha value is -2.21. The Bertz CT molecular complexity index is 956. The number of nitrogens with one attached hydrogen (secondary N) is 2. The Morgan fingerprint density at radius 2 is 1.89 bits per heavy atom. The molecular formula is C21H21ClF2N2O2. The molecule has 1 amide bonds. The van der Waals surface area contributed by atoms with Gasteiger partial charge in [-0.25, -0.2) is 8.78 Å². The van der Waals surface area contributed by atoms with Gasteiger partial charge < -0.3 is 10.3 Å². The van der Waals surface area contributed by atoms with Gasteiger partial charge in [0.05, 0.1) is 0 Å². The highest BCUT2D eigenvalue weighted by atomic mass is 35.5. The van der Waals surface area contributed by atoms with Crippen molar-refractivity contribution in [2.45, 2.75) is 56.4 Å². The number of aromatic nitrogens is 1. The highest BCUT2D eigenvalue weighted by molar-refractivity contribution is 6.31. The molecule has 1 aromatic carbocycles. The topological polar surface area (TPSA) is 62.0 Å². The average Bonchev–Trinajstić information content (AvgIpc) is 3.40. The fourth-order valence-corrected chi connectivity index (χ4v) is 4.21. The molecule has 0 radical (unpaired) electrons. The van der Waals surface area contributed by atoms with Crippen LogP contribution in [0.3, 0.4) is 0 Å². The molecule has 2 aliphatic rings. The van der Waals surface area contributed by atoms with Crippen molar-refractivity contribution >= 4 is 17.5 Å². The van der Waals surface area contributed by atoms with Gasteiger partial charge in [0.15, 0.2) is 0 Å². The quantitative estimate of drug-likeness (QED) is 0.733. The van der Waals surface area contributed by atoms with E-state index in [9.17, 15) is 18.4 Å². The average molecular weight is 407 g/mol. The molecule has 2 fully saturated rings. The molecule has 28 heavy (non-hydrogen) atoms. The summed E-state index contributed by atoms with van der Waals surface area (Å²) in [5.41, 5.74) is 1.93. The first-order valence-electron chi connectivity index (χ1n) is 9.52.